The van der Waals surface area contributed by atoms with Crippen LogP contribution in [0.15, 0.2) is 55.4 Å². The van der Waals surface area contributed by atoms with Gasteiger partial charge in [0.1, 0.15) is 24.5 Å². The van der Waals surface area contributed by atoms with Crippen molar-refractivity contribution in [3.05, 3.63) is 72.3 Å². The molecule has 0 aliphatic carbocycles. The zero-order valence-electron chi connectivity index (χ0n) is 14.5. The number of hydrogen-bond donors (Lipinski definition) is 0. The molecule has 1 aliphatic heterocycles. The zero-order valence-corrected chi connectivity index (χ0v) is 14.5. The molecule has 5 nitrogen and oxygen atoms in total. The van der Waals surface area contributed by atoms with Gasteiger partial charge in [0.05, 0.1) is 6.20 Å². The molecule has 1 aliphatic rings. The summed E-state index contributed by atoms with van der Waals surface area (Å²) >= 11 is 0. The van der Waals surface area contributed by atoms with E-state index in [0.717, 1.165) is 22.4 Å². The highest BCUT2D eigenvalue weighted by Gasteiger charge is 2.23. The smallest absolute Gasteiger partial charge is 0.145 e. The van der Waals surface area contributed by atoms with E-state index in [1.807, 2.05) is 12.1 Å². The third kappa shape index (κ3) is 3.41. The van der Waals surface area contributed by atoms with E-state index in [9.17, 15) is 4.39 Å². The normalized spacial score (nSPS) is 17.2. The van der Waals surface area contributed by atoms with Gasteiger partial charge in [0.25, 0.3) is 0 Å². The summed E-state index contributed by atoms with van der Waals surface area (Å²) in [5, 5.41) is 0. The van der Waals surface area contributed by atoms with Crippen LogP contribution in [-0.4, -0.2) is 32.5 Å². The Balaban J connectivity index is 1.63. The second-order valence-corrected chi connectivity index (χ2v) is 6.48. The van der Waals surface area contributed by atoms with E-state index < -0.39 is 0 Å². The number of benzene rings is 1. The number of fused-ring (bicyclic) bond motifs is 1. The highest BCUT2D eigenvalue weighted by atomic mass is 19.1. The standard InChI is InChI=1S/C20H19FN4O/c1-14-12-26-20-3-2-15(18-7-23-13-24-8-18)6-17(20)11-25(14)10-16-4-5-22-9-19(16)21/h2-9,13-14H,10-12H2,1H3/t14-/m1/s1. The minimum Gasteiger partial charge on any atom is -0.492 e. The van der Waals surface area contributed by atoms with Crippen molar-refractivity contribution in [1.82, 2.24) is 19.9 Å². The third-order valence-corrected chi connectivity index (χ3v) is 4.66. The van der Waals surface area contributed by atoms with Crippen LogP contribution in [0.3, 0.4) is 0 Å². The first-order valence-corrected chi connectivity index (χ1v) is 8.54. The van der Waals surface area contributed by atoms with Gasteiger partial charge in [-0.05, 0) is 30.7 Å². The average molecular weight is 350 g/mol. The van der Waals surface area contributed by atoms with Gasteiger partial charge < -0.3 is 4.74 Å². The highest BCUT2D eigenvalue weighted by Crippen LogP contribution is 2.30. The fraction of sp³-hybridized carbons (Fsp3) is 0.250. The summed E-state index contributed by atoms with van der Waals surface area (Å²) in [6.07, 6.45) is 7.98. The fourth-order valence-electron chi connectivity index (χ4n) is 3.12. The summed E-state index contributed by atoms with van der Waals surface area (Å²) in [5.41, 5.74) is 3.71. The van der Waals surface area contributed by atoms with Crippen LogP contribution in [0.5, 0.6) is 5.75 Å². The SMILES string of the molecule is C[C@@H]1COc2ccc(-c3cncnc3)cc2CN1Cc1ccncc1F. The Morgan fingerprint density at radius 1 is 1.12 bits per heavy atom. The lowest BCUT2D eigenvalue weighted by atomic mass is 10.0. The number of pyridine rings is 1. The van der Waals surface area contributed by atoms with Crippen LogP contribution < -0.4 is 4.74 Å². The van der Waals surface area contributed by atoms with Crippen molar-refractivity contribution in [2.45, 2.75) is 26.1 Å². The summed E-state index contributed by atoms with van der Waals surface area (Å²) in [5.74, 6) is 0.593. The molecule has 0 radical (unpaired) electrons. The van der Waals surface area contributed by atoms with Gasteiger partial charge in [-0.25, -0.2) is 14.4 Å². The molecule has 0 spiro atoms. The molecule has 0 amide bonds. The molecule has 132 valence electrons. The minimum absolute atomic E-state index is 0.165. The molecule has 1 atom stereocenters. The number of nitrogens with zero attached hydrogens (tertiary/aromatic N) is 4. The Morgan fingerprint density at radius 2 is 1.96 bits per heavy atom. The van der Waals surface area contributed by atoms with Gasteiger partial charge in [-0.2, -0.15) is 0 Å². The van der Waals surface area contributed by atoms with Crippen molar-refractivity contribution < 1.29 is 9.13 Å². The Morgan fingerprint density at radius 3 is 2.77 bits per heavy atom. The van der Waals surface area contributed by atoms with Crippen LogP contribution in [0.4, 0.5) is 4.39 Å². The highest BCUT2D eigenvalue weighted by molar-refractivity contribution is 5.64. The van der Waals surface area contributed by atoms with E-state index in [-0.39, 0.29) is 11.9 Å². The topological polar surface area (TPSA) is 51.1 Å². The van der Waals surface area contributed by atoms with Crippen LogP contribution in [0.25, 0.3) is 11.1 Å². The third-order valence-electron chi connectivity index (χ3n) is 4.66. The molecule has 0 saturated heterocycles. The molecule has 0 fully saturated rings. The average Bonchev–Trinajstić information content (AvgIpc) is 2.83. The Labute approximate surface area is 151 Å². The number of rotatable bonds is 3. The van der Waals surface area contributed by atoms with E-state index in [1.54, 1.807) is 24.7 Å². The molecule has 2 aromatic heterocycles. The molecule has 26 heavy (non-hydrogen) atoms. The first kappa shape index (κ1) is 16.6. The first-order chi connectivity index (χ1) is 12.7. The molecule has 6 heteroatoms. The summed E-state index contributed by atoms with van der Waals surface area (Å²) in [6.45, 7) is 3.85. The fourth-order valence-corrected chi connectivity index (χ4v) is 3.12. The van der Waals surface area contributed by atoms with Crippen molar-refractivity contribution in [2.24, 2.45) is 0 Å². The summed E-state index contributed by atoms with van der Waals surface area (Å²) in [4.78, 5) is 14.2. The number of aromatic nitrogens is 3. The summed E-state index contributed by atoms with van der Waals surface area (Å²) in [6, 6.07) is 7.99. The molecular formula is C20H19FN4O. The van der Waals surface area contributed by atoms with Gasteiger partial charge in [-0.15, -0.1) is 0 Å². The lowest BCUT2D eigenvalue weighted by Gasteiger charge is -2.26. The van der Waals surface area contributed by atoms with Gasteiger partial charge >= 0.3 is 0 Å². The van der Waals surface area contributed by atoms with Crippen molar-refractivity contribution in [1.29, 1.82) is 0 Å². The molecular weight excluding hydrogens is 331 g/mol. The van der Waals surface area contributed by atoms with Crippen molar-refractivity contribution in [3.63, 3.8) is 0 Å². The Hall–Kier alpha value is -2.86. The zero-order chi connectivity index (χ0) is 17.9. The molecule has 1 aromatic carbocycles. The van der Waals surface area contributed by atoms with E-state index in [4.69, 9.17) is 4.74 Å². The Kier molecular flexibility index (Phi) is 4.58. The molecule has 4 rings (SSSR count). The number of hydrogen-bond acceptors (Lipinski definition) is 5. The second kappa shape index (κ2) is 7.17. The van der Waals surface area contributed by atoms with Crippen LogP contribution in [0.2, 0.25) is 0 Å². The molecule has 0 saturated carbocycles. The van der Waals surface area contributed by atoms with Gasteiger partial charge in [0.15, 0.2) is 0 Å². The quantitative estimate of drug-likeness (QED) is 0.724. The molecule has 3 heterocycles. The molecule has 0 N–H and O–H groups in total. The van der Waals surface area contributed by atoms with Crippen LogP contribution >= 0.6 is 0 Å². The van der Waals surface area contributed by atoms with E-state index >= 15 is 0 Å². The van der Waals surface area contributed by atoms with Gasteiger partial charge in [-0.1, -0.05) is 6.07 Å². The maximum absolute atomic E-state index is 14.0. The van der Waals surface area contributed by atoms with E-state index in [1.165, 1.54) is 12.5 Å². The maximum Gasteiger partial charge on any atom is 0.145 e. The molecule has 0 bridgehead atoms. The molecule has 0 unspecified atom stereocenters. The van der Waals surface area contributed by atoms with Crippen LogP contribution in [0, 0.1) is 5.82 Å². The largest absolute Gasteiger partial charge is 0.492 e. The lowest BCUT2D eigenvalue weighted by Crippen LogP contribution is -2.34. The predicted octanol–water partition coefficient (Wildman–Crippen LogP) is 3.46. The Bertz CT molecular complexity index is 903. The summed E-state index contributed by atoms with van der Waals surface area (Å²) < 4.78 is 20.0. The van der Waals surface area contributed by atoms with Gasteiger partial charge in [0.2, 0.25) is 0 Å². The predicted molar refractivity (Wildman–Crippen MR) is 95.9 cm³/mol. The number of ether oxygens (including phenoxy) is 1. The monoisotopic (exact) mass is 350 g/mol. The van der Waals surface area contributed by atoms with Crippen molar-refractivity contribution >= 4 is 0 Å². The van der Waals surface area contributed by atoms with Crippen LogP contribution in [-0.2, 0) is 13.1 Å². The summed E-state index contributed by atoms with van der Waals surface area (Å²) in [7, 11) is 0. The number of halogens is 1. The minimum atomic E-state index is -0.278. The first-order valence-electron chi connectivity index (χ1n) is 8.54. The maximum atomic E-state index is 14.0. The van der Waals surface area contributed by atoms with Crippen LogP contribution in [0.1, 0.15) is 18.1 Å². The van der Waals surface area contributed by atoms with E-state index in [2.05, 4.69) is 32.8 Å². The van der Waals surface area contributed by atoms with E-state index in [0.29, 0.717) is 25.3 Å². The van der Waals surface area contributed by atoms with Crippen molar-refractivity contribution in [2.75, 3.05) is 6.61 Å². The van der Waals surface area contributed by atoms with Gasteiger partial charge in [-0.3, -0.25) is 9.88 Å². The van der Waals surface area contributed by atoms with Gasteiger partial charge in [0, 0.05) is 54.4 Å². The molecule has 3 aromatic rings. The second-order valence-electron chi connectivity index (χ2n) is 6.48. The van der Waals surface area contributed by atoms with Crippen molar-refractivity contribution in [3.8, 4) is 16.9 Å². The lowest BCUT2D eigenvalue weighted by molar-refractivity contribution is 0.150.